The number of aliphatic hydroxyl groups is 2. The molecule has 0 aromatic carbocycles. The zero-order valence-corrected chi connectivity index (χ0v) is 7.70. The average Bonchev–Trinajstić information content (AvgIpc) is 2.03. The van der Waals surface area contributed by atoms with E-state index in [-0.39, 0.29) is 6.61 Å². The molecule has 0 amide bonds. The van der Waals surface area contributed by atoms with Crippen molar-refractivity contribution in [2.75, 3.05) is 13.2 Å². The van der Waals surface area contributed by atoms with Gasteiger partial charge in [-0.25, -0.2) is 0 Å². The SMILES string of the molecule is CCOC(=O)C(C)(C)[C@H](O)CO. The maximum atomic E-state index is 11.2. The first-order valence-corrected chi connectivity index (χ1v) is 3.93. The molecule has 0 saturated carbocycles. The molecule has 12 heavy (non-hydrogen) atoms. The summed E-state index contributed by atoms with van der Waals surface area (Å²) in [6.45, 7) is 4.60. The Morgan fingerprint density at radius 1 is 1.58 bits per heavy atom. The van der Waals surface area contributed by atoms with Crippen molar-refractivity contribution in [3.05, 3.63) is 0 Å². The predicted octanol–water partition coefficient (Wildman–Crippen LogP) is -0.0711. The maximum absolute atomic E-state index is 11.2. The third-order valence-corrected chi connectivity index (χ3v) is 1.81. The van der Waals surface area contributed by atoms with Crippen LogP contribution in [-0.2, 0) is 9.53 Å². The predicted molar refractivity (Wildman–Crippen MR) is 43.5 cm³/mol. The lowest BCUT2D eigenvalue weighted by molar-refractivity contribution is -0.161. The van der Waals surface area contributed by atoms with Crippen LogP contribution < -0.4 is 0 Å². The Balaban J connectivity index is 4.27. The largest absolute Gasteiger partial charge is 0.466 e. The van der Waals surface area contributed by atoms with Crippen molar-refractivity contribution in [2.45, 2.75) is 26.9 Å². The van der Waals surface area contributed by atoms with Crippen LogP contribution in [0.1, 0.15) is 20.8 Å². The van der Waals surface area contributed by atoms with Crippen molar-refractivity contribution in [2.24, 2.45) is 5.41 Å². The quantitative estimate of drug-likeness (QED) is 0.588. The molecule has 0 aliphatic rings. The Kier molecular flexibility index (Phi) is 4.20. The van der Waals surface area contributed by atoms with Gasteiger partial charge in [-0.05, 0) is 20.8 Å². The summed E-state index contributed by atoms with van der Waals surface area (Å²) in [6, 6.07) is 0. The minimum atomic E-state index is -1.07. The second-order valence-corrected chi connectivity index (χ2v) is 3.14. The number of carbonyl (C=O) groups is 1. The number of rotatable bonds is 4. The molecule has 0 bridgehead atoms. The van der Waals surface area contributed by atoms with Gasteiger partial charge in [0.2, 0.25) is 0 Å². The minimum Gasteiger partial charge on any atom is -0.466 e. The van der Waals surface area contributed by atoms with Crippen molar-refractivity contribution < 1.29 is 19.7 Å². The fourth-order valence-electron chi connectivity index (χ4n) is 0.681. The summed E-state index contributed by atoms with van der Waals surface area (Å²) < 4.78 is 4.72. The van der Waals surface area contributed by atoms with Crippen LogP contribution in [0.5, 0.6) is 0 Å². The van der Waals surface area contributed by atoms with Gasteiger partial charge in [0.1, 0.15) is 0 Å². The van der Waals surface area contributed by atoms with E-state index in [0.29, 0.717) is 0 Å². The number of ether oxygens (including phenoxy) is 1. The van der Waals surface area contributed by atoms with Crippen LogP contribution in [0, 0.1) is 5.41 Å². The Hall–Kier alpha value is -0.610. The molecule has 0 aliphatic carbocycles. The summed E-state index contributed by atoms with van der Waals surface area (Å²) in [7, 11) is 0. The Labute approximate surface area is 72.2 Å². The van der Waals surface area contributed by atoms with Crippen molar-refractivity contribution in [1.29, 1.82) is 0 Å². The average molecular weight is 176 g/mol. The first-order valence-electron chi connectivity index (χ1n) is 3.93. The lowest BCUT2D eigenvalue weighted by Crippen LogP contribution is -2.40. The van der Waals surface area contributed by atoms with Crippen LogP contribution in [0.3, 0.4) is 0 Å². The molecule has 4 nitrogen and oxygen atoms in total. The molecule has 0 fully saturated rings. The molecule has 0 aromatic heterocycles. The number of carbonyl (C=O) groups excluding carboxylic acids is 1. The lowest BCUT2D eigenvalue weighted by Gasteiger charge is -2.26. The van der Waals surface area contributed by atoms with Gasteiger partial charge in [-0.15, -0.1) is 0 Å². The highest BCUT2D eigenvalue weighted by atomic mass is 16.5. The third-order valence-electron chi connectivity index (χ3n) is 1.81. The zero-order chi connectivity index (χ0) is 9.78. The maximum Gasteiger partial charge on any atom is 0.314 e. The molecule has 2 N–H and O–H groups in total. The normalized spacial score (nSPS) is 14.1. The highest BCUT2D eigenvalue weighted by Gasteiger charge is 2.36. The molecular formula is C8H16O4. The van der Waals surface area contributed by atoms with E-state index in [2.05, 4.69) is 0 Å². The van der Waals surface area contributed by atoms with Crippen LogP contribution in [-0.4, -0.2) is 35.5 Å². The van der Waals surface area contributed by atoms with Crippen LogP contribution in [0.2, 0.25) is 0 Å². The highest BCUT2D eigenvalue weighted by Crippen LogP contribution is 2.22. The van der Waals surface area contributed by atoms with E-state index in [1.807, 2.05) is 0 Å². The number of hydrogen-bond acceptors (Lipinski definition) is 4. The van der Waals surface area contributed by atoms with Gasteiger partial charge in [0.25, 0.3) is 0 Å². The van der Waals surface area contributed by atoms with E-state index in [1.165, 1.54) is 13.8 Å². The summed E-state index contributed by atoms with van der Waals surface area (Å²) >= 11 is 0. The molecule has 72 valence electrons. The topological polar surface area (TPSA) is 66.8 Å². The van der Waals surface area contributed by atoms with E-state index in [0.717, 1.165) is 0 Å². The second-order valence-electron chi connectivity index (χ2n) is 3.14. The number of aliphatic hydroxyl groups excluding tert-OH is 2. The van der Waals surface area contributed by atoms with Crippen LogP contribution >= 0.6 is 0 Å². The monoisotopic (exact) mass is 176 g/mol. The molecule has 1 atom stereocenters. The van der Waals surface area contributed by atoms with E-state index >= 15 is 0 Å². The summed E-state index contributed by atoms with van der Waals surface area (Å²) in [6.07, 6.45) is -1.07. The first-order chi connectivity index (χ1) is 5.46. The van der Waals surface area contributed by atoms with Crippen LogP contribution in [0.15, 0.2) is 0 Å². The number of esters is 1. The smallest absolute Gasteiger partial charge is 0.314 e. The molecule has 4 heteroatoms. The van der Waals surface area contributed by atoms with E-state index in [4.69, 9.17) is 9.84 Å². The van der Waals surface area contributed by atoms with Gasteiger partial charge >= 0.3 is 5.97 Å². The number of hydrogen-bond donors (Lipinski definition) is 2. The fourth-order valence-corrected chi connectivity index (χ4v) is 0.681. The summed E-state index contributed by atoms with van der Waals surface area (Å²) in [5, 5.41) is 17.9. The third kappa shape index (κ3) is 2.46. The van der Waals surface area contributed by atoms with Gasteiger partial charge in [-0.3, -0.25) is 4.79 Å². The van der Waals surface area contributed by atoms with Crippen molar-refractivity contribution in [1.82, 2.24) is 0 Å². The Morgan fingerprint density at radius 3 is 2.42 bits per heavy atom. The second kappa shape index (κ2) is 4.42. The fraction of sp³-hybridized carbons (Fsp3) is 0.875. The molecule has 0 heterocycles. The van der Waals surface area contributed by atoms with Gasteiger partial charge < -0.3 is 14.9 Å². The van der Waals surface area contributed by atoms with E-state index in [9.17, 15) is 9.90 Å². The standard InChI is InChI=1S/C8H16O4/c1-4-12-7(11)8(2,3)6(10)5-9/h6,9-10H,4-5H2,1-3H3/t6-/m1/s1. The van der Waals surface area contributed by atoms with Gasteiger partial charge in [-0.1, -0.05) is 0 Å². The molecule has 0 aromatic rings. The lowest BCUT2D eigenvalue weighted by atomic mass is 9.87. The zero-order valence-electron chi connectivity index (χ0n) is 7.70. The minimum absolute atomic E-state index is 0.278. The molecular weight excluding hydrogens is 160 g/mol. The van der Waals surface area contributed by atoms with Crippen molar-refractivity contribution in [3.63, 3.8) is 0 Å². The summed E-state index contributed by atoms with van der Waals surface area (Å²) in [5.74, 6) is -0.494. The molecule has 0 saturated heterocycles. The molecule has 0 aliphatic heterocycles. The van der Waals surface area contributed by atoms with Crippen LogP contribution in [0.25, 0.3) is 0 Å². The van der Waals surface area contributed by atoms with Crippen molar-refractivity contribution in [3.8, 4) is 0 Å². The van der Waals surface area contributed by atoms with E-state index < -0.39 is 24.1 Å². The van der Waals surface area contributed by atoms with Gasteiger partial charge in [0, 0.05) is 0 Å². The molecule has 0 spiro atoms. The Morgan fingerprint density at radius 2 is 2.08 bits per heavy atom. The van der Waals surface area contributed by atoms with Gasteiger partial charge in [0.15, 0.2) is 0 Å². The molecule has 0 radical (unpaired) electrons. The highest BCUT2D eigenvalue weighted by molar-refractivity contribution is 5.76. The summed E-state index contributed by atoms with van der Waals surface area (Å²) in [5.41, 5.74) is -1.04. The Bertz CT molecular complexity index is 153. The van der Waals surface area contributed by atoms with Gasteiger partial charge in [0.05, 0.1) is 24.7 Å². The molecule has 0 unspecified atom stereocenters. The molecule has 0 rings (SSSR count). The van der Waals surface area contributed by atoms with Crippen molar-refractivity contribution >= 4 is 5.97 Å². The van der Waals surface area contributed by atoms with Gasteiger partial charge in [-0.2, -0.15) is 0 Å². The van der Waals surface area contributed by atoms with E-state index in [1.54, 1.807) is 6.92 Å². The van der Waals surface area contributed by atoms with Crippen LogP contribution in [0.4, 0.5) is 0 Å². The summed E-state index contributed by atoms with van der Waals surface area (Å²) in [4.78, 5) is 11.2. The first kappa shape index (κ1) is 11.4.